The van der Waals surface area contributed by atoms with Gasteiger partial charge in [-0.25, -0.2) is 17.7 Å². The minimum Gasteiger partial charge on any atom is -0.244 e. The van der Waals surface area contributed by atoms with Crippen molar-refractivity contribution in [3.05, 3.63) is 65.0 Å². The molecule has 24 heavy (non-hydrogen) atoms. The summed E-state index contributed by atoms with van der Waals surface area (Å²) in [5, 5.41) is 2.35. The maximum Gasteiger partial charge on any atom is 0.265 e. The van der Waals surface area contributed by atoms with Gasteiger partial charge in [0.2, 0.25) is 0 Å². The Labute approximate surface area is 146 Å². The summed E-state index contributed by atoms with van der Waals surface area (Å²) < 4.78 is 26.6. The van der Waals surface area contributed by atoms with Crippen molar-refractivity contribution in [2.75, 3.05) is 11.4 Å². The molecule has 0 saturated carbocycles. The summed E-state index contributed by atoms with van der Waals surface area (Å²) in [5.74, 6) is 0. The van der Waals surface area contributed by atoms with E-state index in [1.165, 1.54) is 28.3 Å². The molecule has 0 aliphatic carbocycles. The average molecular weight is 358 g/mol. The topological polar surface area (TPSA) is 50.3 Å². The van der Waals surface area contributed by atoms with E-state index in [2.05, 4.69) is 11.1 Å². The zero-order chi connectivity index (χ0) is 17.3. The van der Waals surface area contributed by atoms with Crippen LogP contribution in [0, 0.1) is 13.8 Å². The molecule has 0 fully saturated rings. The molecule has 0 N–H and O–H groups in total. The molecule has 6 heteroatoms. The first-order valence-electron chi connectivity index (χ1n) is 7.47. The van der Waals surface area contributed by atoms with Crippen molar-refractivity contribution in [3.63, 3.8) is 0 Å². The molecule has 2 aromatic carbocycles. The molecule has 0 spiro atoms. The van der Waals surface area contributed by atoms with Crippen molar-refractivity contribution in [2.45, 2.75) is 18.7 Å². The van der Waals surface area contributed by atoms with E-state index in [0.717, 1.165) is 16.8 Å². The fourth-order valence-electron chi connectivity index (χ4n) is 2.49. The lowest BCUT2D eigenvalue weighted by molar-refractivity contribution is 0.594. The summed E-state index contributed by atoms with van der Waals surface area (Å²) in [6.07, 6.45) is 0. The highest BCUT2D eigenvalue weighted by atomic mass is 32.2. The van der Waals surface area contributed by atoms with Crippen LogP contribution in [-0.4, -0.2) is 20.4 Å². The van der Waals surface area contributed by atoms with Gasteiger partial charge in [-0.15, -0.1) is 11.3 Å². The number of benzene rings is 2. The molecule has 0 amide bonds. The summed E-state index contributed by atoms with van der Waals surface area (Å²) in [5.41, 5.74) is 4.13. The third-order valence-corrected chi connectivity index (χ3v) is 6.62. The van der Waals surface area contributed by atoms with Crippen LogP contribution < -0.4 is 4.31 Å². The molecule has 1 aromatic heterocycles. The van der Waals surface area contributed by atoms with Gasteiger partial charge in [-0.2, -0.15) is 0 Å². The number of nitrogens with zero attached hydrogens (tertiary/aromatic N) is 2. The van der Waals surface area contributed by atoms with Crippen LogP contribution >= 0.6 is 11.3 Å². The Balaban J connectivity index is 1.96. The van der Waals surface area contributed by atoms with Gasteiger partial charge >= 0.3 is 0 Å². The molecule has 0 aliphatic heterocycles. The fourth-order valence-corrected chi connectivity index (χ4v) is 4.67. The number of aromatic nitrogens is 1. The minimum absolute atomic E-state index is 0.260. The van der Waals surface area contributed by atoms with Gasteiger partial charge < -0.3 is 0 Å². The largest absolute Gasteiger partial charge is 0.265 e. The lowest BCUT2D eigenvalue weighted by atomic mass is 10.0. The van der Waals surface area contributed by atoms with Crippen molar-refractivity contribution in [2.24, 2.45) is 0 Å². The van der Waals surface area contributed by atoms with Gasteiger partial charge in [-0.05, 0) is 31.5 Å². The smallest absolute Gasteiger partial charge is 0.244 e. The Hall–Kier alpha value is -2.18. The molecule has 0 atom stereocenters. The number of hydrogen-bond donors (Lipinski definition) is 0. The van der Waals surface area contributed by atoms with E-state index in [-0.39, 0.29) is 4.90 Å². The SMILES string of the molecule is Cc1ccc(-c2csc(N(C)S(=O)(=O)c3ccccc3)n2)c(C)c1. The zero-order valence-corrected chi connectivity index (χ0v) is 15.4. The lowest BCUT2D eigenvalue weighted by Gasteiger charge is -2.16. The molecule has 0 bridgehead atoms. The van der Waals surface area contributed by atoms with Crippen LogP contribution in [0.2, 0.25) is 0 Å². The first kappa shape index (κ1) is 16.7. The summed E-state index contributed by atoms with van der Waals surface area (Å²) in [6, 6.07) is 14.5. The highest BCUT2D eigenvalue weighted by molar-refractivity contribution is 7.93. The standard InChI is InChI=1S/C18H18N2O2S2/c1-13-9-10-16(14(2)11-13)17-12-23-18(19-17)20(3)24(21,22)15-7-5-4-6-8-15/h4-12H,1-3H3. The summed E-state index contributed by atoms with van der Waals surface area (Å²) in [7, 11) is -2.06. The van der Waals surface area contributed by atoms with E-state index >= 15 is 0 Å². The Morgan fingerprint density at radius 3 is 2.42 bits per heavy atom. The predicted molar refractivity (Wildman–Crippen MR) is 99.1 cm³/mol. The maximum atomic E-state index is 12.7. The predicted octanol–water partition coefficient (Wildman–Crippen LogP) is 4.25. The minimum atomic E-state index is -3.60. The van der Waals surface area contributed by atoms with Crippen LogP contribution in [-0.2, 0) is 10.0 Å². The second-order valence-electron chi connectivity index (χ2n) is 5.62. The van der Waals surface area contributed by atoms with E-state index in [0.29, 0.717) is 5.13 Å². The van der Waals surface area contributed by atoms with Crippen molar-refractivity contribution in [3.8, 4) is 11.3 Å². The van der Waals surface area contributed by atoms with Crippen molar-refractivity contribution < 1.29 is 8.42 Å². The Kier molecular flexibility index (Phi) is 4.43. The summed E-state index contributed by atoms with van der Waals surface area (Å²) >= 11 is 1.32. The molecule has 0 aliphatic rings. The monoisotopic (exact) mass is 358 g/mol. The number of thiazole rings is 1. The van der Waals surface area contributed by atoms with Crippen molar-refractivity contribution >= 4 is 26.5 Å². The molecule has 4 nitrogen and oxygen atoms in total. The molecule has 0 radical (unpaired) electrons. The van der Waals surface area contributed by atoms with Crippen LogP contribution in [0.25, 0.3) is 11.3 Å². The second-order valence-corrected chi connectivity index (χ2v) is 8.43. The van der Waals surface area contributed by atoms with Crippen LogP contribution in [0.15, 0.2) is 58.8 Å². The van der Waals surface area contributed by atoms with Crippen LogP contribution in [0.3, 0.4) is 0 Å². The van der Waals surface area contributed by atoms with E-state index in [9.17, 15) is 8.42 Å². The number of rotatable bonds is 4. The first-order chi connectivity index (χ1) is 11.4. The van der Waals surface area contributed by atoms with Gasteiger partial charge in [-0.1, -0.05) is 42.0 Å². The number of hydrogen-bond acceptors (Lipinski definition) is 4. The van der Waals surface area contributed by atoms with Gasteiger partial charge in [0.05, 0.1) is 10.6 Å². The van der Waals surface area contributed by atoms with Crippen LogP contribution in [0.5, 0.6) is 0 Å². The molecule has 1 heterocycles. The number of anilines is 1. The Bertz CT molecular complexity index is 964. The number of aryl methyl sites for hydroxylation is 2. The molecule has 0 unspecified atom stereocenters. The quantitative estimate of drug-likeness (QED) is 0.700. The molecular formula is C18H18N2O2S2. The molecule has 3 rings (SSSR count). The van der Waals surface area contributed by atoms with Crippen LogP contribution in [0.1, 0.15) is 11.1 Å². The Morgan fingerprint density at radius 2 is 1.75 bits per heavy atom. The number of sulfonamides is 1. The lowest BCUT2D eigenvalue weighted by Crippen LogP contribution is -2.26. The van der Waals surface area contributed by atoms with Crippen molar-refractivity contribution in [1.82, 2.24) is 4.98 Å². The van der Waals surface area contributed by atoms with Gasteiger partial charge in [0.25, 0.3) is 10.0 Å². The van der Waals surface area contributed by atoms with E-state index in [1.54, 1.807) is 30.3 Å². The van der Waals surface area contributed by atoms with E-state index in [4.69, 9.17) is 0 Å². The van der Waals surface area contributed by atoms with Gasteiger partial charge in [0.15, 0.2) is 5.13 Å². The Morgan fingerprint density at radius 1 is 1.04 bits per heavy atom. The van der Waals surface area contributed by atoms with Gasteiger partial charge in [0, 0.05) is 18.0 Å². The highest BCUT2D eigenvalue weighted by Crippen LogP contribution is 2.31. The molecular weight excluding hydrogens is 340 g/mol. The third kappa shape index (κ3) is 3.07. The second kappa shape index (κ2) is 6.37. The summed E-state index contributed by atoms with van der Waals surface area (Å²) in [4.78, 5) is 4.79. The fraction of sp³-hybridized carbons (Fsp3) is 0.167. The molecule has 3 aromatic rings. The normalized spacial score (nSPS) is 11.5. The highest BCUT2D eigenvalue weighted by Gasteiger charge is 2.23. The van der Waals surface area contributed by atoms with E-state index in [1.807, 2.05) is 31.4 Å². The van der Waals surface area contributed by atoms with Gasteiger partial charge in [0.1, 0.15) is 0 Å². The third-order valence-electron chi connectivity index (χ3n) is 3.82. The van der Waals surface area contributed by atoms with E-state index < -0.39 is 10.0 Å². The average Bonchev–Trinajstić information content (AvgIpc) is 3.04. The maximum absolute atomic E-state index is 12.7. The van der Waals surface area contributed by atoms with Crippen molar-refractivity contribution in [1.29, 1.82) is 0 Å². The van der Waals surface area contributed by atoms with Gasteiger partial charge in [-0.3, -0.25) is 0 Å². The zero-order valence-electron chi connectivity index (χ0n) is 13.7. The first-order valence-corrected chi connectivity index (χ1v) is 9.79. The summed E-state index contributed by atoms with van der Waals surface area (Å²) in [6.45, 7) is 4.08. The molecule has 124 valence electrons. The molecule has 0 saturated heterocycles. The van der Waals surface area contributed by atoms with Crippen LogP contribution in [0.4, 0.5) is 5.13 Å².